The van der Waals surface area contributed by atoms with Crippen molar-refractivity contribution in [3.8, 4) is 0 Å². The molecule has 0 fully saturated rings. The Morgan fingerprint density at radius 3 is 2.25 bits per heavy atom. The van der Waals surface area contributed by atoms with Crippen LogP contribution in [0.1, 0.15) is 27.0 Å². The van der Waals surface area contributed by atoms with E-state index in [1.54, 1.807) is 25.1 Å². The fraction of sp³-hybridized carbons (Fsp3) is 0.278. The topological polar surface area (TPSA) is 66.5 Å². The number of nitrogens with one attached hydrogen (secondary N) is 1. The van der Waals surface area contributed by atoms with Gasteiger partial charge in [-0.3, -0.25) is 9.10 Å². The number of hydrogen-bond donors (Lipinski definition) is 1. The molecule has 0 aromatic heterocycles. The highest BCUT2D eigenvalue weighted by Crippen LogP contribution is 2.23. The van der Waals surface area contributed by atoms with E-state index in [9.17, 15) is 13.2 Å². The first-order valence-corrected chi connectivity index (χ1v) is 9.37. The number of carbonyl (C=O) groups excluding carboxylic acids is 1. The summed E-state index contributed by atoms with van der Waals surface area (Å²) in [7, 11) is -1.84. The molecule has 0 atom stereocenters. The quantitative estimate of drug-likeness (QED) is 0.924. The number of benzene rings is 2. The Bertz CT molecular complexity index is 889. The highest BCUT2D eigenvalue weighted by Gasteiger charge is 2.16. The van der Waals surface area contributed by atoms with Crippen LogP contribution in [-0.2, 0) is 10.0 Å². The van der Waals surface area contributed by atoms with Gasteiger partial charge < -0.3 is 5.32 Å². The van der Waals surface area contributed by atoms with E-state index in [2.05, 4.69) is 5.32 Å². The summed E-state index contributed by atoms with van der Waals surface area (Å²) in [5.74, 6) is -0.222. The van der Waals surface area contributed by atoms with Crippen molar-refractivity contribution in [2.24, 2.45) is 0 Å². The van der Waals surface area contributed by atoms with Crippen molar-refractivity contribution in [2.45, 2.75) is 20.8 Å². The molecule has 0 spiro atoms. The second-order valence-corrected chi connectivity index (χ2v) is 8.02. The molecule has 6 heteroatoms. The van der Waals surface area contributed by atoms with Crippen LogP contribution in [0.25, 0.3) is 0 Å². The molecule has 0 aliphatic rings. The highest BCUT2D eigenvalue weighted by molar-refractivity contribution is 7.92. The largest absolute Gasteiger partial charge is 0.322 e. The SMILES string of the molecule is Cc1ccc(C)c(NC(=O)c2ccc(N(C)S(C)(=O)=O)c(C)c2)c1. The molecule has 1 amide bonds. The number of nitrogens with zero attached hydrogens (tertiary/aromatic N) is 1. The molecule has 2 aromatic rings. The molecule has 0 saturated carbocycles. The van der Waals surface area contributed by atoms with Crippen LogP contribution in [-0.4, -0.2) is 27.6 Å². The minimum atomic E-state index is -3.34. The normalized spacial score (nSPS) is 11.2. The zero-order valence-corrected chi connectivity index (χ0v) is 15.4. The monoisotopic (exact) mass is 346 g/mol. The lowest BCUT2D eigenvalue weighted by atomic mass is 10.1. The van der Waals surface area contributed by atoms with E-state index in [0.717, 1.165) is 28.6 Å². The summed E-state index contributed by atoms with van der Waals surface area (Å²) >= 11 is 0. The van der Waals surface area contributed by atoms with Gasteiger partial charge in [0.1, 0.15) is 0 Å². The maximum absolute atomic E-state index is 12.5. The minimum absolute atomic E-state index is 0.222. The second kappa shape index (κ2) is 6.65. The fourth-order valence-electron chi connectivity index (χ4n) is 2.39. The average Bonchev–Trinajstić information content (AvgIpc) is 2.49. The van der Waals surface area contributed by atoms with Gasteiger partial charge in [0.2, 0.25) is 10.0 Å². The highest BCUT2D eigenvalue weighted by atomic mass is 32.2. The van der Waals surface area contributed by atoms with Crippen LogP contribution in [0.2, 0.25) is 0 Å². The van der Waals surface area contributed by atoms with Crippen LogP contribution < -0.4 is 9.62 Å². The van der Waals surface area contributed by atoms with Gasteiger partial charge >= 0.3 is 0 Å². The van der Waals surface area contributed by atoms with Gasteiger partial charge in [-0.2, -0.15) is 0 Å². The maximum atomic E-state index is 12.5. The molecule has 0 bridgehead atoms. The number of rotatable bonds is 4. The van der Waals surface area contributed by atoms with Crippen LogP contribution in [0.3, 0.4) is 0 Å². The van der Waals surface area contributed by atoms with Gasteiger partial charge in [0.25, 0.3) is 5.91 Å². The Hall–Kier alpha value is -2.34. The first-order chi connectivity index (χ1) is 11.1. The van der Waals surface area contributed by atoms with Crippen molar-refractivity contribution in [1.29, 1.82) is 0 Å². The fourth-order valence-corrected chi connectivity index (χ4v) is 2.96. The van der Waals surface area contributed by atoms with Crippen molar-refractivity contribution in [3.05, 3.63) is 58.7 Å². The Kier molecular flexibility index (Phi) is 4.99. The molecule has 128 valence electrons. The van der Waals surface area contributed by atoms with Gasteiger partial charge in [0.15, 0.2) is 0 Å². The Balaban J connectivity index is 2.28. The zero-order chi connectivity index (χ0) is 18.1. The van der Waals surface area contributed by atoms with Crippen molar-refractivity contribution in [1.82, 2.24) is 0 Å². The molecule has 2 rings (SSSR count). The second-order valence-electron chi connectivity index (χ2n) is 6.00. The Labute approximate surface area is 143 Å². The summed E-state index contributed by atoms with van der Waals surface area (Å²) in [4.78, 5) is 12.5. The molecule has 2 aromatic carbocycles. The van der Waals surface area contributed by atoms with E-state index in [4.69, 9.17) is 0 Å². The average molecular weight is 346 g/mol. The zero-order valence-electron chi connectivity index (χ0n) is 14.5. The maximum Gasteiger partial charge on any atom is 0.255 e. The van der Waals surface area contributed by atoms with E-state index < -0.39 is 10.0 Å². The molecule has 0 radical (unpaired) electrons. The van der Waals surface area contributed by atoms with Crippen LogP contribution >= 0.6 is 0 Å². The summed E-state index contributed by atoms with van der Waals surface area (Å²) in [6, 6.07) is 10.8. The molecule has 5 nitrogen and oxygen atoms in total. The molecule has 0 unspecified atom stereocenters. The lowest BCUT2D eigenvalue weighted by Crippen LogP contribution is -2.25. The number of sulfonamides is 1. The van der Waals surface area contributed by atoms with Crippen LogP contribution in [0.4, 0.5) is 11.4 Å². The predicted molar refractivity (Wildman–Crippen MR) is 98.3 cm³/mol. The van der Waals surface area contributed by atoms with Crippen molar-refractivity contribution in [3.63, 3.8) is 0 Å². The molecular formula is C18H22N2O3S. The van der Waals surface area contributed by atoms with Crippen LogP contribution in [0.5, 0.6) is 0 Å². The van der Waals surface area contributed by atoms with Crippen LogP contribution in [0.15, 0.2) is 36.4 Å². The third-order valence-corrected chi connectivity index (χ3v) is 5.13. The van der Waals surface area contributed by atoms with Gasteiger partial charge in [-0.25, -0.2) is 8.42 Å². The van der Waals surface area contributed by atoms with Crippen LogP contribution in [0, 0.1) is 20.8 Å². The Morgan fingerprint density at radius 2 is 1.67 bits per heavy atom. The molecule has 0 aliphatic heterocycles. The number of amides is 1. The van der Waals surface area contributed by atoms with E-state index >= 15 is 0 Å². The summed E-state index contributed by atoms with van der Waals surface area (Å²) in [5.41, 5.74) is 4.59. The number of carbonyl (C=O) groups is 1. The molecule has 0 saturated heterocycles. The van der Waals surface area contributed by atoms with E-state index in [0.29, 0.717) is 11.3 Å². The smallest absolute Gasteiger partial charge is 0.255 e. The molecule has 1 N–H and O–H groups in total. The molecule has 24 heavy (non-hydrogen) atoms. The van der Waals surface area contributed by atoms with Crippen molar-refractivity contribution in [2.75, 3.05) is 22.9 Å². The number of anilines is 2. The van der Waals surface area contributed by atoms with Crippen molar-refractivity contribution >= 4 is 27.3 Å². The van der Waals surface area contributed by atoms with Gasteiger partial charge in [-0.15, -0.1) is 0 Å². The summed E-state index contributed by atoms with van der Waals surface area (Å²) in [6.07, 6.45) is 1.15. The molecule has 0 heterocycles. The summed E-state index contributed by atoms with van der Waals surface area (Å²) < 4.78 is 24.5. The van der Waals surface area contributed by atoms with E-state index in [1.807, 2.05) is 32.0 Å². The lowest BCUT2D eigenvalue weighted by molar-refractivity contribution is 0.102. The number of hydrogen-bond acceptors (Lipinski definition) is 3. The lowest BCUT2D eigenvalue weighted by Gasteiger charge is -2.19. The van der Waals surface area contributed by atoms with Gasteiger partial charge in [0.05, 0.1) is 11.9 Å². The third-order valence-electron chi connectivity index (χ3n) is 3.94. The summed E-state index contributed by atoms with van der Waals surface area (Å²) in [5, 5.41) is 2.90. The number of aryl methyl sites for hydroxylation is 3. The van der Waals surface area contributed by atoms with Gasteiger partial charge in [-0.05, 0) is 61.7 Å². The third kappa shape index (κ3) is 3.94. The van der Waals surface area contributed by atoms with Crippen molar-refractivity contribution < 1.29 is 13.2 Å². The first-order valence-electron chi connectivity index (χ1n) is 7.53. The Morgan fingerprint density at radius 1 is 1.00 bits per heavy atom. The van der Waals surface area contributed by atoms with Gasteiger partial charge in [-0.1, -0.05) is 12.1 Å². The summed E-state index contributed by atoms with van der Waals surface area (Å²) in [6.45, 7) is 5.69. The van der Waals surface area contributed by atoms with E-state index in [1.165, 1.54) is 11.4 Å². The first kappa shape index (κ1) is 18.0. The predicted octanol–water partition coefficient (Wildman–Crippen LogP) is 3.26. The minimum Gasteiger partial charge on any atom is -0.322 e. The molecular weight excluding hydrogens is 324 g/mol. The molecule has 0 aliphatic carbocycles. The van der Waals surface area contributed by atoms with E-state index in [-0.39, 0.29) is 5.91 Å². The standard InChI is InChI=1S/C18H22N2O3S/c1-12-6-7-13(2)16(10-12)19-18(21)15-8-9-17(14(3)11-15)20(4)24(5,22)23/h6-11H,1-5H3,(H,19,21). The van der Waals surface area contributed by atoms with Gasteiger partial charge in [0, 0.05) is 18.3 Å².